The van der Waals surface area contributed by atoms with Crippen molar-refractivity contribution in [1.82, 2.24) is 20.3 Å². The van der Waals surface area contributed by atoms with Crippen molar-refractivity contribution in [1.29, 1.82) is 0 Å². The molecule has 0 bridgehead atoms. The van der Waals surface area contributed by atoms with Crippen molar-refractivity contribution in [2.24, 2.45) is 9.98 Å². The van der Waals surface area contributed by atoms with Crippen LogP contribution in [0, 0.1) is 0 Å². The van der Waals surface area contributed by atoms with Gasteiger partial charge in [-0.1, -0.05) is 249 Å². The molecule has 0 fully saturated rings. The molecule has 0 spiro atoms. The molecule has 2 heterocycles. The van der Waals surface area contributed by atoms with Crippen molar-refractivity contribution >= 4 is 11.7 Å². The largest absolute Gasteiger partial charge is 0.344 e. The predicted octanol–water partition coefficient (Wildman–Crippen LogP) is 17.4. The van der Waals surface area contributed by atoms with Gasteiger partial charge in [0, 0.05) is 27.8 Å². The summed E-state index contributed by atoms with van der Waals surface area (Å²) in [6.45, 7) is 0. The minimum atomic E-state index is -0.333. The zero-order valence-corrected chi connectivity index (χ0v) is 42.5. The third kappa shape index (κ3) is 10.2. The molecule has 0 radical (unpaired) electrons. The van der Waals surface area contributed by atoms with E-state index in [-0.39, 0.29) is 6.17 Å². The fourth-order valence-corrected chi connectivity index (χ4v) is 10.1. The van der Waals surface area contributed by atoms with E-state index in [1.807, 2.05) is 60.7 Å². The Bertz CT molecular complexity index is 4170. The van der Waals surface area contributed by atoms with Gasteiger partial charge >= 0.3 is 0 Å². The average molecular weight is 999 g/mol. The van der Waals surface area contributed by atoms with Crippen LogP contribution in [-0.2, 0) is 0 Å². The second-order valence-corrected chi connectivity index (χ2v) is 19.3. The predicted molar refractivity (Wildman–Crippen MR) is 321 cm³/mol. The topological polar surface area (TPSA) is 75.4 Å². The molecule has 12 aromatic rings. The molecule has 13 rings (SSSR count). The van der Waals surface area contributed by atoms with Gasteiger partial charge < -0.3 is 5.32 Å². The van der Waals surface area contributed by atoms with Crippen LogP contribution in [-0.4, -0.2) is 26.6 Å². The Hall–Kier alpha value is -10.4. The Kier molecular flexibility index (Phi) is 13.0. The SMILES string of the molecule is c1ccc(C2=NC(c3cccc(-c4cccc(-c5cccc(-c6cccc(-c7cccc(-c8nc(-c9ccccc9)nc(-c9cccc(-c%10ccccc%10)c9)n8)c7)c6)c5)c4)c3)=NC(c3cccc(-c4ccccc4)c3)N2)cc1. The van der Waals surface area contributed by atoms with Crippen LogP contribution in [0.1, 0.15) is 22.9 Å². The Morgan fingerprint density at radius 2 is 0.513 bits per heavy atom. The first-order valence-electron chi connectivity index (χ1n) is 26.2. The summed E-state index contributed by atoms with van der Waals surface area (Å²) >= 11 is 0. The lowest BCUT2D eigenvalue weighted by Crippen LogP contribution is -2.33. The van der Waals surface area contributed by atoms with E-state index >= 15 is 0 Å². The number of benzene rings is 11. The minimum absolute atomic E-state index is 0.333. The van der Waals surface area contributed by atoms with Gasteiger partial charge in [-0.2, -0.15) is 0 Å². The standard InChI is InChI=1S/C72H50N6/c1-5-20-49(21-6-1)53-28-16-38-63(45-53)69-73-67(51-24-9-3-10-25-51)75-71(77-69)65-40-18-36-61(47-65)59-34-14-32-57(43-59)55-30-13-31-56(42-55)58-33-15-35-60(44-58)62-37-19-41-66(48-62)72-76-68(52-26-11-4-12-27-52)74-70(78-72)64-39-17-29-54(46-64)50-22-7-2-8-23-50/h1-48,69H,(H,73,75,77). The number of hydrogen-bond donors (Lipinski definition) is 1. The van der Waals surface area contributed by atoms with E-state index in [2.05, 4.69) is 236 Å². The molecular formula is C72H50N6. The maximum Gasteiger partial charge on any atom is 0.164 e. The van der Waals surface area contributed by atoms with Crippen molar-refractivity contribution in [2.45, 2.75) is 6.17 Å². The molecule has 78 heavy (non-hydrogen) atoms. The quantitative estimate of drug-likeness (QED) is 0.132. The second kappa shape index (κ2) is 21.4. The number of aromatic nitrogens is 3. The minimum Gasteiger partial charge on any atom is -0.344 e. The second-order valence-electron chi connectivity index (χ2n) is 19.3. The molecule has 1 atom stereocenters. The van der Waals surface area contributed by atoms with Crippen LogP contribution in [0.15, 0.2) is 301 Å². The van der Waals surface area contributed by atoms with Gasteiger partial charge in [-0.3, -0.25) is 0 Å². The molecule has 6 heteroatoms. The first kappa shape index (κ1) is 47.3. The smallest absolute Gasteiger partial charge is 0.164 e. The molecule has 0 aliphatic carbocycles. The van der Waals surface area contributed by atoms with Crippen LogP contribution >= 0.6 is 0 Å². The van der Waals surface area contributed by atoms with E-state index in [1.54, 1.807) is 0 Å². The van der Waals surface area contributed by atoms with Crippen LogP contribution in [0.2, 0.25) is 0 Å². The number of amidine groups is 2. The summed E-state index contributed by atoms with van der Waals surface area (Å²) in [7, 11) is 0. The summed E-state index contributed by atoms with van der Waals surface area (Å²) in [5, 5.41) is 3.65. The molecule has 6 nitrogen and oxygen atoms in total. The van der Waals surface area contributed by atoms with Crippen molar-refractivity contribution in [3.63, 3.8) is 0 Å². The average Bonchev–Trinajstić information content (AvgIpc) is 3.57. The van der Waals surface area contributed by atoms with Crippen LogP contribution in [0.25, 0.3) is 101 Å². The first-order valence-corrected chi connectivity index (χ1v) is 26.2. The number of rotatable bonds is 12. The van der Waals surface area contributed by atoms with Crippen LogP contribution < -0.4 is 5.32 Å². The van der Waals surface area contributed by atoms with Gasteiger partial charge in [0.2, 0.25) is 0 Å². The van der Waals surface area contributed by atoms with E-state index in [4.69, 9.17) is 24.9 Å². The molecule has 11 aromatic carbocycles. The Labute approximate surface area is 454 Å². The molecule has 1 unspecified atom stereocenters. The van der Waals surface area contributed by atoms with E-state index in [0.717, 1.165) is 106 Å². The fraction of sp³-hybridized carbons (Fsp3) is 0.0139. The summed E-state index contributed by atoms with van der Waals surface area (Å²) in [5.41, 5.74) is 19.2. The Balaban J connectivity index is 0.788. The van der Waals surface area contributed by atoms with Crippen LogP contribution in [0.3, 0.4) is 0 Å². The van der Waals surface area contributed by atoms with E-state index in [1.165, 1.54) is 0 Å². The summed E-state index contributed by atoms with van der Waals surface area (Å²) in [4.78, 5) is 25.6. The highest BCUT2D eigenvalue weighted by atomic mass is 15.2. The monoisotopic (exact) mass is 998 g/mol. The van der Waals surface area contributed by atoms with Gasteiger partial charge in [0.25, 0.3) is 0 Å². The van der Waals surface area contributed by atoms with Gasteiger partial charge in [-0.05, 0) is 115 Å². The molecular weight excluding hydrogens is 949 g/mol. The summed E-state index contributed by atoms with van der Waals surface area (Å²) in [6, 6.07) is 102. The zero-order valence-electron chi connectivity index (χ0n) is 42.5. The van der Waals surface area contributed by atoms with E-state index < -0.39 is 0 Å². The van der Waals surface area contributed by atoms with Crippen molar-refractivity contribution in [2.75, 3.05) is 0 Å². The molecule has 0 amide bonds. The molecule has 1 aromatic heterocycles. The molecule has 0 saturated carbocycles. The van der Waals surface area contributed by atoms with E-state index in [9.17, 15) is 0 Å². The van der Waals surface area contributed by atoms with Gasteiger partial charge in [0.1, 0.15) is 12.0 Å². The lowest BCUT2D eigenvalue weighted by atomic mass is 9.94. The van der Waals surface area contributed by atoms with Crippen molar-refractivity contribution in [3.8, 4) is 101 Å². The Morgan fingerprint density at radius 3 is 0.936 bits per heavy atom. The van der Waals surface area contributed by atoms with Gasteiger partial charge in [0.15, 0.2) is 23.3 Å². The Morgan fingerprint density at radius 1 is 0.231 bits per heavy atom. The number of hydrogen-bond acceptors (Lipinski definition) is 6. The molecule has 0 saturated heterocycles. The van der Waals surface area contributed by atoms with Crippen LogP contribution in [0.5, 0.6) is 0 Å². The number of nitrogens with one attached hydrogen (secondary N) is 1. The molecule has 1 aliphatic rings. The van der Waals surface area contributed by atoms with Crippen molar-refractivity contribution in [3.05, 3.63) is 308 Å². The lowest BCUT2D eigenvalue weighted by molar-refractivity contribution is 0.674. The zero-order chi connectivity index (χ0) is 52.0. The highest BCUT2D eigenvalue weighted by molar-refractivity contribution is 6.13. The van der Waals surface area contributed by atoms with Crippen molar-refractivity contribution < 1.29 is 0 Å². The molecule has 368 valence electrons. The van der Waals surface area contributed by atoms with Gasteiger partial charge in [-0.25, -0.2) is 24.9 Å². The third-order valence-electron chi connectivity index (χ3n) is 14.2. The summed E-state index contributed by atoms with van der Waals surface area (Å²) < 4.78 is 0. The van der Waals surface area contributed by atoms with Gasteiger partial charge in [-0.15, -0.1) is 0 Å². The van der Waals surface area contributed by atoms with E-state index in [0.29, 0.717) is 23.3 Å². The highest BCUT2D eigenvalue weighted by Crippen LogP contribution is 2.35. The first-order chi connectivity index (χ1) is 38.6. The lowest BCUT2D eigenvalue weighted by Gasteiger charge is -2.24. The normalized spacial score (nSPS) is 13.0. The van der Waals surface area contributed by atoms with Crippen LogP contribution in [0.4, 0.5) is 0 Å². The summed E-state index contributed by atoms with van der Waals surface area (Å²) in [6.07, 6.45) is -0.333. The number of aliphatic imine (C=N–C) groups is 2. The third-order valence-corrected chi connectivity index (χ3v) is 14.2. The summed E-state index contributed by atoms with van der Waals surface area (Å²) in [5.74, 6) is 3.33. The van der Waals surface area contributed by atoms with Gasteiger partial charge in [0.05, 0.1) is 0 Å². The maximum absolute atomic E-state index is 5.26. The molecule has 1 aliphatic heterocycles. The highest BCUT2D eigenvalue weighted by Gasteiger charge is 2.22. The number of nitrogens with zero attached hydrogens (tertiary/aromatic N) is 5. The molecule has 1 N–H and O–H groups in total. The maximum atomic E-state index is 5.26. The fourth-order valence-electron chi connectivity index (χ4n) is 10.1.